The summed E-state index contributed by atoms with van der Waals surface area (Å²) in [5, 5.41) is 12.1. The summed E-state index contributed by atoms with van der Waals surface area (Å²) in [5.41, 5.74) is 6.59. The van der Waals surface area contributed by atoms with Crippen LogP contribution in [0.5, 0.6) is 0 Å². The minimum atomic E-state index is 0.151. The summed E-state index contributed by atoms with van der Waals surface area (Å²) < 4.78 is 0. The Hall–Kier alpha value is -5.02. The highest BCUT2D eigenvalue weighted by Crippen LogP contribution is 2.37. The minimum Gasteiger partial charge on any atom is -0.257 e. The molecule has 39 heavy (non-hydrogen) atoms. The molecular formula is C36H27N3. The Kier molecular flexibility index (Phi) is 5.95. The van der Waals surface area contributed by atoms with Crippen LogP contribution < -0.4 is 5.01 Å². The van der Waals surface area contributed by atoms with Gasteiger partial charge in [0.2, 0.25) is 0 Å². The van der Waals surface area contributed by atoms with Gasteiger partial charge in [0.15, 0.2) is 0 Å². The maximum atomic E-state index is 5.13. The summed E-state index contributed by atoms with van der Waals surface area (Å²) in [7, 11) is 0. The van der Waals surface area contributed by atoms with Crippen LogP contribution in [0.3, 0.4) is 0 Å². The quantitative estimate of drug-likeness (QED) is 0.171. The third kappa shape index (κ3) is 4.49. The van der Waals surface area contributed by atoms with Crippen molar-refractivity contribution < 1.29 is 0 Å². The van der Waals surface area contributed by atoms with E-state index in [-0.39, 0.29) is 6.04 Å². The molecule has 7 rings (SSSR count). The molecular weight excluding hydrogens is 474 g/mol. The monoisotopic (exact) mass is 501 g/mol. The smallest absolute Gasteiger partial charge is 0.0831 e. The zero-order valence-corrected chi connectivity index (χ0v) is 21.5. The van der Waals surface area contributed by atoms with Crippen molar-refractivity contribution in [3.63, 3.8) is 0 Å². The fourth-order valence-electron chi connectivity index (χ4n) is 5.53. The lowest BCUT2D eigenvalue weighted by Crippen LogP contribution is -2.18. The largest absolute Gasteiger partial charge is 0.257 e. The van der Waals surface area contributed by atoms with Crippen LogP contribution in [0, 0.1) is 0 Å². The van der Waals surface area contributed by atoms with Gasteiger partial charge in [0.05, 0.1) is 23.1 Å². The molecule has 6 aromatic carbocycles. The molecule has 0 fully saturated rings. The maximum absolute atomic E-state index is 5.13. The highest BCUT2D eigenvalue weighted by atomic mass is 15.5. The molecule has 6 aromatic rings. The fraction of sp³-hybridized carbons (Fsp3) is 0.0556. The van der Waals surface area contributed by atoms with E-state index in [2.05, 4.69) is 138 Å². The fourth-order valence-corrected chi connectivity index (χ4v) is 5.53. The summed E-state index contributed by atoms with van der Waals surface area (Å²) in [6.45, 7) is 0. The average Bonchev–Trinajstić information content (AvgIpc) is 3.46. The Morgan fingerprint density at radius 1 is 0.641 bits per heavy atom. The molecule has 1 heterocycles. The second-order valence-corrected chi connectivity index (χ2v) is 9.90. The van der Waals surface area contributed by atoms with Crippen LogP contribution >= 0.6 is 0 Å². The van der Waals surface area contributed by atoms with Crippen molar-refractivity contribution in [1.29, 1.82) is 0 Å². The summed E-state index contributed by atoms with van der Waals surface area (Å²) in [6, 6.07) is 48.9. The van der Waals surface area contributed by atoms with Gasteiger partial charge in [-0.1, -0.05) is 109 Å². The third-order valence-corrected chi connectivity index (χ3v) is 7.45. The minimum absolute atomic E-state index is 0.151. The molecule has 0 radical (unpaired) electrons. The van der Waals surface area contributed by atoms with E-state index in [1.165, 1.54) is 27.1 Å². The van der Waals surface area contributed by atoms with Gasteiger partial charge >= 0.3 is 0 Å². The number of rotatable bonds is 5. The molecule has 0 saturated heterocycles. The van der Waals surface area contributed by atoms with Gasteiger partial charge in [0.1, 0.15) is 0 Å². The van der Waals surface area contributed by atoms with Crippen LogP contribution in [0.1, 0.15) is 29.2 Å². The van der Waals surface area contributed by atoms with Gasteiger partial charge in [-0.3, -0.25) is 10.0 Å². The van der Waals surface area contributed by atoms with E-state index in [0.29, 0.717) is 0 Å². The molecule has 1 aliphatic heterocycles. The highest BCUT2D eigenvalue weighted by Gasteiger charge is 2.29. The van der Waals surface area contributed by atoms with Gasteiger partial charge in [0, 0.05) is 18.2 Å². The number of aliphatic imine (C=N–C) groups is 1. The van der Waals surface area contributed by atoms with Crippen LogP contribution in [0.2, 0.25) is 0 Å². The standard InChI is InChI=1S/C36H27N3/c1-3-12-26(13-4-1)36-24-35(38-39(36)31-18-5-2-6-19-31)29-16-11-17-30(23-29)37-25-34-32-20-9-7-14-27(32)22-28-15-8-10-21-33(28)34/h1-23,25,36H,24H2. The average molecular weight is 502 g/mol. The van der Waals surface area contributed by atoms with E-state index < -0.39 is 0 Å². The van der Waals surface area contributed by atoms with Crippen molar-refractivity contribution >= 4 is 44.8 Å². The number of hydrogen-bond acceptors (Lipinski definition) is 3. The van der Waals surface area contributed by atoms with Crippen LogP contribution in [-0.2, 0) is 0 Å². The van der Waals surface area contributed by atoms with E-state index >= 15 is 0 Å². The first kappa shape index (κ1) is 23.1. The predicted octanol–water partition coefficient (Wildman–Crippen LogP) is 9.10. The maximum Gasteiger partial charge on any atom is 0.0831 e. The molecule has 1 atom stereocenters. The van der Waals surface area contributed by atoms with Crippen molar-refractivity contribution in [1.82, 2.24) is 0 Å². The van der Waals surface area contributed by atoms with Gasteiger partial charge < -0.3 is 0 Å². The Morgan fingerprint density at radius 2 is 1.28 bits per heavy atom. The number of benzene rings is 6. The van der Waals surface area contributed by atoms with Gasteiger partial charge in [-0.25, -0.2) is 0 Å². The Labute approximate surface area is 228 Å². The van der Waals surface area contributed by atoms with Gasteiger partial charge in [-0.05, 0) is 63.0 Å². The summed E-state index contributed by atoms with van der Waals surface area (Å²) >= 11 is 0. The lowest BCUT2D eigenvalue weighted by Gasteiger charge is -2.23. The van der Waals surface area contributed by atoms with Crippen molar-refractivity contribution in [2.24, 2.45) is 10.1 Å². The van der Waals surface area contributed by atoms with Gasteiger partial charge in [-0.2, -0.15) is 5.10 Å². The Balaban J connectivity index is 1.26. The molecule has 3 heteroatoms. The van der Waals surface area contributed by atoms with Gasteiger partial charge in [0.25, 0.3) is 0 Å². The number of fused-ring (bicyclic) bond motifs is 2. The molecule has 0 spiro atoms. The van der Waals surface area contributed by atoms with Crippen LogP contribution in [0.4, 0.5) is 11.4 Å². The van der Waals surface area contributed by atoms with Crippen molar-refractivity contribution in [3.05, 3.63) is 156 Å². The van der Waals surface area contributed by atoms with Crippen molar-refractivity contribution in [3.8, 4) is 0 Å². The molecule has 0 aromatic heterocycles. The van der Waals surface area contributed by atoms with E-state index in [9.17, 15) is 0 Å². The second kappa shape index (κ2) is 10.0. The van der Waals surface area contributed by atoms with E-state index in [1.807, 2.05) is 12.3 Å². The van der Waals surface area contributed by atoms with E-state index in [4.69, 9.17) is 10.1 Å². The highest BCUT2D eigenvalue weighted by molar-refractivity contribution is 6.13. The first-order chi connectivity index (χ1) is 19.3. The van der Waals surface area contributed by atoms with Crippen LogP contribution in [0.15, 0.2) is 150 Å². The lowest BCUT2D eigenvalue weighted by atomic mass is 9.97. The van der Waals surface area contributed by atoms with E-state index in [1.54, 1.807) is 0 Å². The van der Waals surface area contributed by atoms with Crippen molar-refractivity contribution in [2.45, 2.75) is 12.5 Å². The van der Waals surface area contributed by atoms with Crippen molar-refractivity contribution in [2.75, 3.05) is 5.01 Å². The normalized spacial score (nSPS) is 15.3. The molecule has 0 aliphatic carbocycles. The van der Waals surface area contributed by atoms with E-state index in [0.717, 1.165) is 34.6 Å². The molecule has 0 bridgehead atoms. The summed E-state index contributed by atoms with van der Waals surface area (Å²) in [4.78, 5) is 4.97. The molecule has 3 nitrogen and oxygen atoms in total. The summed E-state index contributed by atoms with van der Waals surface area (Å²) in [6.07, 6.45) is 2.85. The molecule has 0 amide bonds. The van der Waals surface area contributed by atoms with Gasteiger partial charge in [-0.15, -0.1) is 0 Å². The SMILES string of the molecule is C(=Nc1cccc(C2=NN(c3ccccc3)C(c3ccccc3)C2)c1)c1c2ccccc2cc2ccccc12. The lowest BCUT2D eigenvalue weighted by molar-refractivity contribution is 0.709. The molecule has 1 unspecified atom stereocenters. The third-order valence-electron chi connectivity index (χ3n) is 7.45. The van der Waals surface area contributed by atoms with Crippen LogP contribution in [-0.4, -0.2) is 11.9 Å². The summed E-state index contributed by atoms with van der Waals surface area (Å²) in [5.74, 6) is 0. The molecule has 0 saturated carbocycles. The predicted molar refractivity (Wildman–Crippen MR) is 164 cm³/mol. The number of para-hydroxylation sites is 1. The zero-order valence-electron chi connectivity index (χ0n) is 21.5. The molecule has 1 aliphatic rings. The molecule has 0 N–H and O–H groups in total. The Morgan fingerprint density at radius 3 is 2.00 bits per heavy atom. The van der Waals surface area contributed by atoms with Crippen LogP contribution in [0.25, 0.3) is 21.5 Å². The number of hydrogen-bond donors (Lipinski definition) is 0. The first-order valence-electron chi connectivity index (χ1n) is 13.4. The Bertz CT molecular complexity index is 1780. The number of nitrogens with zero attached hydrogens (tertiary/aromatic N) is 3. The topological polar surface area (TPSA) is 28.0 Å². The number of hydrazone groups is 1. The zero-order chi connectivity index (χ0) is 26.0. The second-order valence-electron chi connectivity index (χ2n) is 9.90. The molecule has 186 valence electrons. The first-order valence-corrected chi connectivity index (χ1v) is 13.4. The number of anilines is 1.